The maximum Gasteiger partial charge on any atom is 0.256 e. The van der Waals surface area contributed by atoms with E-state index in [1.54, 1.807) is 0 Å². The lowest BCUT2D eigenvalue weighted by atomic mass is 10.1. The first-order valence-electron chi connectivity index (χ1n) is 6.24. The molecule has 0 saturated carbocycles. The van der Waals surface area contributed by atoms with E-state index in [9.17, 15) is 4.79 Å². The predicted molar refractivity (Wildman–Crippen MR) is 79.1 cm³/mol. The Morgan fingerprint density at radius 3 is 3.00 bits per heavy atom. The van der Waals surface area contributed by atoms with Gasteiger partial charge in [0.05, 0.1) is 5.56 Å². The second-order valence-corrected chi connectivity index (χ2v) is 6.62. The van der Waals surface area contributed by atoms with Crippen molar-refractivity contribution >= 4 is 23.6 Å². The van der Waals surface area contributed by atoms with Gasteiger partial charge in [-0.2, -0.15) is 0 Å². The average Bonchev–Trinajstić information content (AvgIpc) is 2.75. The quantitative estimate of drug-likeness (QED) is 0.836. The lowest BCUT2D eigenvalue weighted by Gasteiger charge is -2.27. The second kappa shape index (κ2) is 5.03. The molecule has 0 bridgehead atoms. The van der Waals surface area contributed by atoms with Crippen LogP contribution in [-0.4, -0.2) is 21.4 Å². The number of aromatic nitrogens is 2. The van der Waals surface area contributed by atoms with Crippen molar-refractivity contribution in [3.63, 3.8) is 0 Å². The molecule has 0 aliphatic carbocycles. The molecule has 19 heavy (non-hydrogen) atoms. The summed E-state index contributed by atoms with van der Waals surface area (Å²) in [5.74, 6) is 0. The number of thiophene rings is 1. The number of H-pyrrole nitrogens is 2. The first-order valence-corrected chi connectivity index (χ1v) is 7.46. The van der Waals surface area contributed by atoms with E-state index in [4.69, 9.17) is 12.2 Å². The maximum atomic E-state index is 11.9. The lowest BCUT2D eigenvalue weighted by Crippen LogP contribution is -2.35. The summed E-state index contributed by atoms with van der Waals surface area (Å²) in [4.78, 5) is 22.7. The molecule has 2 aromatic heterocycles. The van der Waals surface area contributed by atoms with Crippen LogP contribution in [0.4, 0.5) is 0 Å². The summed E-state index contributed by atoms with van der Waals surface area (Å²) in [7, 11) is 0. The average molecular weight is 293 g/mol. The lowest BCUT2D eigenvalue weighted by molar-refractivity contribution is 0.243. The van der Waals surface area contributed by atoms with E-state index in [1.807, 2.05) is 11.3 Å². The monoisotopic (exact) mass is 293 g/mol. The minimum absolute atomic E-state index is 0.0502. The first-order chi connectivity index (χ1) is 9.11. The van der Waals surface area contributed by atoms with Crippen LogP contribution in [0.25, 0.3) is 0 Å². The number of aromatic amines is 2. The van der Waals surface area contributed by atoms with Crippen molar-refractivity contribution in [1.82, 2.24) is 14.9 Å². The molecule has 100 valence electrons. The van der Waals surface area contributed by atoms with Gasteiger partial charge in [0.1, 0.15) is 0 Å². The van der Waals surface area contributed by atoms with Crippen molar-refractivity contribution in [2.24, 2.45) is 0 Å². The molecule has 0 atom stereocenters. The fourth-order valence-corrected chi connectivity index (χ4v) is 3.59. The topological polar surface area (TPSA) is 51.9 Å². The number of aryl methyl sites for hydroxylation is 1. The zero-order chi connectivity index (χ0) is 13.4. The van der Waals surface area contributed by atoms with Gasteiger partial charge in [-0.1, -0.05) is 0 Å². The zero-order valence-electron chi connectivity index (χ0n) is 10.7. The van der Waals surface area contributed by atoms with Crippen molar-refractivity contribution in [3.05, 3.63) is 48.3 Å². The van der Waals surface area contributed by atoms with Gasteiger partial charge >= 0.3 is 0 Å². The van der Waals surface area contributed by atoms with Crippen molar-refractivity contribution in [3.8, 4) is 0 Å². The Morgan fingerprint density at radius 1 is 1.42 bits per heavy atom. The van der Waals surface area contributed by atoms with Crippen LogP contribution in [0, 0.1) is 11.7 Å². The van der Waals surface area contributed by atoms with E-state index in [0.717, 1.165) is 30.8 Å². The maximum absolute atomic E-state index is 11.9. The van der Waals surface area contributed by atoms with Crippen molar-refractivity contribution in [1.29, 1.82) is 0 Å². The Hall–Kier alpha value is -1.24. The fraction of sp³-hybridized carbons (Fsp3) is 0.385. The molecule has 4 nitrogen and oxygen atoms in total. The molecule has 0 saturated heterocycles. The van der Waals surface area contributed by atoms with Crippen LogP contribution in [0.1, 0.15) is 21.0 Å². The van der Waals surface area contributed by atoms with Crippen molar-refractivity contribution < 1.29 is 0 Å². The normalized spacial score (nSPS) is 15.4. The number of fused-ring (bicyclic) bond motifs is 1. The van der Waals surface area contributed by atoms with Gasteiger partial charge in [0.25, 0.3) is 5.56 Å². The number of rotatable bonds is 2. The van der Waals surface area contributed by atoms with Gasteiger partial charge in [0.2, 0.25) is 0 Å². The molecule has 3 heterocycles. The molecule has 0 fully saturated rings. The van der Waals surface area contributed by atoms with Crippen LogP contribution in [0.5, 0.6) is 0 Å². The largest absolute Gasteiger partial charge is 0.335 e. The molecule has 1 aliphatic heterocycles. The smallest absolute Gasteiger partial charge is 0.256 e. The Balaban J connectivity index is 1.82. The molecule has 2 N–H and O–H groups in total. The summed E-state index contributed by atoms with van der Waals surface area (Å²) in [6.07, 6.45) is 0.854. The van der Waals surface area contributed by atoms with E-state index in [1.165, 1.54) is 9.75 Å². The third-order valence-corrected chi connectivity index (χ3v) is 4.55. The third-order valence-electron chi connectivity index (χ3n) is 3.37. The fourth-order valence-electron chi connectivity index (χ4n) is 2.44. The number of hydrogen-bond donors (Lipinski definition) is 2. The highest BCUT2D eigenvalue weighted by molar-refractivity contribution is 7.71. The summed E-state index contributed by atoms with van der Waals surface area (Å²) in [6.45, 7) is 4.67. The minimum atomic E-state index is -0.0502. The van der Waals surface area contributed by atoms with E-state index < -0.39 is 0 Å². The summed E-state index contributed by atoms with van der Waals surface area (Å²) in [5.41, 5.74) is 1.77. The number of hydrogen-bond acceptors (Lipinski definition) is 4. The number of nitrogens with one attached hydrogen (secondary N) is 2. The van der Waals surface area contributed by atoms with Gasteiger partial charge in [-0.25, -0.2) is 0 Å². The Labute approximate surface area is 120 Å². The first kappa shape index (κ1) is 12.8. The SMILES string of the molecule is Cc1ccc(CN2CCc3[nH]c(=S)[nH]c(=O)c3C2)s1. The van der Waals surface area contributed by atoms with Gasteiger partial charge in [-0.3, -0.25) is 14.7 Å². The highest BCUT2D eigenvalue weighted by atomic mass is 32.1. The highest BCUT2D eigenvalue weighted by Gasteiger charge is 2.19. The van der Waals surface area contributed by atoms with Crippen LogP contribution >= 0.6 is 23.6 Å². The summed E-state index contributed by atoms with van der Waals surface area (Å²) < 4.78 is 0.422. The predicted octanol–water partition coefficient (Wildman–Crippen LogP) is 2.36. The van der Waals surface area contributed by atoms with Crippen LogP contribution in [0.15, 0.2) is 16.9 Å². The van der Waals surface area contributed by atoms with Gasteiger partial charge < -0.3 is 4.98 Å². The zero-order valence-corrected chi connectivity index (χ0v) is 12.3. The molecular weight excluding hydrogens is 278 g/mol. The minimum Gasteiger partial charge on any atom is -0.335 e. The van der Waals surface area contributed by atoms with Crippen molar-refractivity contribution in [2.45, 2.75) is 26.4 Å². The molecule has 0 amide bonds. The van der Waals surface area contributed by atoms with E-state index in [2.05, 4.69) is 33.9 Å². The summed E-state index contributed by atoms with van der Waals surface area (Å²) >= 11 is 6.82. The summed E-state index contributed by atoms with van der Waals surface area (Å²) in [5, 5.41) is 0. The number of nitrogens with zero attached hydrogens (tertiary/aromatic N) is 1. The van der Waals surface area contributed by atoms with Gasteiger partial charge in [-0.15, -0.1) is 11.3 Å². The van der Waals surface area contributed by atoms with Crippen LogP contribution in [0.3, 0.4) is 0 Å². The molecule has 0 radical (unpaired) electrons. The van der Waals surface area contributed by atoms with Crippen LogP contribution in [-0.2, 0) is 19.5 Å². The molecule has 6 heteroatoms. The Kier molecular flexibility index (Phi) is 3.38. The molecule has 1 aliphatic rings. The van der Waals surface area contributed by atoms with E-state index in [-0.39, 0.29) is 5.56 Å². The van der Waals surface area contributed by atoms with Crippen LogP contribution < -0.4 is 5.56 Å². The van der Waals surface area contributed by atoms with Gasteiger partial charge in [-0.05, 0) is 31.3 Å². The Bertz CT molecular complexity index is 713. The molecule has 0 aromatic carbocycles. The second-order valence-electron chi connectivity index (χ2n) is 4.84. The van der Waals surface area contributed by atoms with E-state index in [0.29, 0.717) is 11.3 Å². The molecule has 2 aromatic rings. The molecule has 0 spiro atoms. The van der Waals surface area contributed by atoms with E-state index >= 15 is 0 Å². The highest BCUT2D eigenvalue weighted by Crippen LogP contribution is 2.20. The van der Waals surface area contributed by atoms with Gasteiger partial charge in [0.15, 0.2) is 4.77 Å². The summed E-state index contributed by atoms with van der Waals surface area (Å²) in [6, 6.07) is 4.31. The third kappa shape index (κ3) is 2.70. The molecule has 3 rings (SSSR count). The molecule has 0 unspecified atom stereocenters. The standard InChI is InChI=1S/C13H15N3OS2/c1-8-2-3-9(19-8)6-16-5-4-11-10(7-16)12(17)15-13(18)14-11/h2-3H,4-7H2,1H3,(H2,14,15,17,18). The van der Waals surface area contributed by atoms with Crippen LogP contribution in [0.2, 0.25) is 0 Å². The van der Waals surface area contributed by atoms with Gasteiger partial charge in [0, 0.05) is 41.5 Å². The van der Waals surface area contributed by atoms with Crippen molar-refractivity contribution in [2.75, 3.05) is 6.54 Å². The Morgan fingerprint density at radius 2 is 2.26 bits per heavy atom. The molecular formula is C13H15N3OS2.